The van der Waals surface area contributed by atoms with Crippen molar-refractivity contribution in [3.05, 3.63) is 47.9 Å². The van der Waals surface area contributed by atoms with E-state index in [1.54, 1.807) is 31.4 Å². The predicted molar refractivity (Wildman–Crippen MR) is 97.1 cm³/mol. The number of nitrogens with one attached hydrogen (secondary N) is 1. The van der Waals surface area contributed by atoms with Crippen molar-refractivity contribution in [2.45, 2.75) is 0 Å². The lowest BCUT2D eigenvalue weighted by molar-refractivity contribution is 0.0931. The molecule has 7 nitrogen and oxygen atoms in total. The Kier molecular flexibility index (Phi) is 5.96. The average molecular weight is 359 g/mol. The Bertz CT molecular complexity index is 733. The van der Waals surface area contributed by atoms with Gasteiger partial charge in [-0.3, -0.25) is 4.79 Å². The van der Waals surface area contributed by atoms with Crippen molar-refractivity contribution in [1.29, 1.82) is 0 Å². The Morgan fingerprint density at radius 1 is 1.12 bits per heavy atom. The number of hydrogen-bond acceptors (Lipinski definition) is 6. The number of carbonyl (C=O) groups excluding carboxylic acids is 1. The van der Waals surface area contributed by atoms with Crippen LogP contribution in [0.2, 0.25) is 0 Å². The van der Waals surface area contributed by atoms with Crippen molar-refractivity contribution in [2.75, 3.05) is 56.2 Å². The summed E-state index contributed by atoms with van der Waals surface area (Å²) in [6.07, 6.45) is 0. The molecule has 2 aromatic rings. The predicted octanol–water partition coefficient (Wildman–Crippen LogP) is 1.32. The van der Waals surface area contributed by atoms with Crippen LogP contribution in [0, 0.1) is 5.82 Å². The highest BCUT2D eigenvalue weighted by Crippen LogP contribution is 2.21. The number of hydrogen-bond donors (Lipinski definition) is 1. The summed E-state index contributed by atoms with van der Waals surface area (Å²) in [6, 6.07) is 10.3. The van der Waals surface area contributed by atoms with Gasteiger partial charge < -0.3 is 19.9 Å². The summed E-state index contributed by atoms with van der Waals surface area (Å²) in [5.74, 6) is 0.238. The van der Waals surface area contributed by atoms with E-state index in [-0.39, 0.29) is 17.4 Å². The fraction of sp³-hybridized carbons (Fsp3) is 0.389. The van der Waals surface area contributed by atoms with Crippen molar-refractivity contribution < 1.29 is 13.9 Å². The standard InChI is InChI=1S/C18H22FN5O2/c1-26-13-8-20-18(25)15-6-7-17(22-21-15)24-11-9-23(10-12-24)16-5-3-2-4-14(16)19/h2-7H,8-13H2,1H3,(H,20,25). The summed E-state index contributed by atoms with van der Waals surface area (Å²) >= 11 is 0. The molecule has 0 unspecified atom stereocenters. The Labute approximate surface area is 151 Å². The highest BCUT2D eigenvalue weighted by atomic mass is 19.1. The molecular weight excluding hydrogens is 337 g/mol. The van der Waals surface area contributed by atoms with E-state index in [1.807, 2.05) is 11.0 Å². The minimum atomic E-state index is -0.273. The van der Waals surface area contributed by atoms with Crippen LogP contribution in [0.15, 0.2) is 36.4 Å². The lowest BCUT2D eigenvalue weighted by Gasteiger charge is -2.36. The number of piperazine rings is 1. The molecule has 1 fully saturated rings. The second kappa shape index (κ2) is 8.57. The van der Waals surface area contributed by atoms with E-state index in [2.05, 4.69) is 20.4 Å². The zero-order chi connectivity index (χ0) is 18.4. The van der Waals surface area contributed by atoms with Gasteiger partial charge in [-0.15, -0.1) is 10.2 Å². The SMILES string of the molecule is COCCNC(=O)c1ccc(N2CCN(c3ccccc3F)CC2)nn1. The van der Waals surface area contributed by atoms with Gasteiger partial charge in [0.15, 0.2) is 11.5 Å². The number of carbonyl (C=O) groups is 1. The molecule has 1 aliphatic heterocycles. The lowest BCUT2D eigenvalue weighted by Crippen LogP contribution is -2.47. The van der Waals surface area contributed by atoms with Crippen molar-refractivity contribution >= 4 is 17.4 Å². The Morgan fingerprint density at radius 3 is 2.50 bits per heavy atom. The van der Waals surface area contributed by atoms with Crippen molar-refractivity contribution in [3.63, 3.8) is 0 Å². The van der Waals surface area contributed by atoms with Gasteiger partial charge in [-0.25, -0.2) is 4.39 Å². The maximum Gasteiger partial charge on any atom is 0.271 e. The van der Waals surface area contributed by atoms with Crippen LogP contribution in [-0.4, -0.2) is 62.5 Å². The first-order valence-corrected chi connectivity index (χ1v) is 8.54. The summed E-state index contributed by atoms with van der Waals surface area (Å²) in [4.78, 5) is 16.0. The van der Waals surface area contributed by atoms with Crippen LogP contribution in [0.4, 0.5) is 15.9 Å². The normalized spacial score (nSPS) is 14.4. The molecule has 8 heteroatoms. The van der Waals surface area contributed by atoms with Crippen LogP contribution in [0.5, 0.6) is 0 Å². The van der Waals surface area contributed by atoms with Crippen molar-refractivity contribution in [1.82, 2.24) is 15.5 Å². The smallest absolute Gasteiger partial charge is 0.271 e. The molecule has 1 aromatic heterocycles. The van der Waals surface area contributed by atoms with Gasteiger partial charge in [0.05, 0.1) is 12.3 Å². The van der Waals surface area contributed by atoms with E-state index in [0.717, 1.165) is 0 Å². The number of aromatic nitrogens is 2. The highest BCUT2D eigenvalue weighted by Gasteiger charge is 2.20. The summed E-state index contributed by atoms with van der Waals surface area (Å²) in [5.41, 5.74) is 0.899. The quantitative estimate of drug-likeness (QED) is 0.785. The molecule has 138 valence electrons. The molecule has 1 saturated heterocycles. The van der Waals surface area contributed by atoms with Gasteiger partial charge in [-0.2, -0.15) is 0 Å². The van der Waals surface area contributed by atoms with Gasteiger partial charge in [-0.05, 0) is 24.3 Å². The summed E-state index contributed by atoms with van der Waals surface area (Å²) in [6.45, 7) is 3.69. The minimum Gasteiger partial charge on any atom is -0.383 e. The third-order valence-corrected chi connectivity index (χ3v) is 4.27. The molecule has 2 heterocycles. The molecule has 3 rings (SSSR count). The first kappa shape index (κ1) is 18.1. The maximum atomic E-state index is 13.9. The molecule has 0 atom stereocenters. The van der Waals surface area contributed by atoms with Gasteiger partial charge in [-0.1, -0.05) is 12.1 Å². The largest absolute Gasteiger partial charge is 0.383 e. The molecule has 1 amide bonds. The number of anilines is 2. The number of rotatable bonds is 6. The zero-order valence-corrected chi connectivity index (χ0v) is 14.7. The van der Waals surface area contributed by atoms with Crippen LogP contribution in [0.1, 0.15) is 10.5 Å². The van der Waals surface area contributed by atoms with Crippen LogP contribution in [0.25, 0.3) is 0 Å². The summed E-state index contributed by atoms with van der Waals surface area (Å²) in [7, 11) is 1.58. The van der Waals surface area contributed by atoms with E-state index in [9.17, 15) is 9.18 Å². The molecule has 0 saturated carbocycles. The van der Waals surface area contributed by atoms with E-state index in [1.165, 1.54) is 6.07 Å². The monoisotopic (exact) mass is 359 g/mol. The van der Waals surface area contributed by atoms with Gasteiger partial charge in [0.25, 0.3) is 5.91 Å². The molecular formula is C18H22FN5O2. The van der Waals surface area contributed by atoms with Crippen LogP contribution < -0.4 is 15.1 Å². The van der Waals surface area contributed by atoms with Crippen molar-refractivity contribution in [3.8, 4) is 0 Å². The fourth-order valence-corrected chi connectivity index (χ4v) is 2.86. The van der Waals surface area contributed by atoms with Crippen LogP contribution in [0.3, 0.4) is 0 Å². The number of nitrogens with zero attached hydrogens (tertiary/aromatic N) is 4. The third-order valence-electron chi connectivity index (χ3n) is 4.27. The van der Waals surface area contributed by atoms with E-state index in [0.29, 0.717) is 50.8 Å². The lowest BCUT2D eigenvalue weighted by atomic mass is 10.2. The molecule has 0 aliphatic carbocycles. The van der Waals surface area contributed by atoms with E-state index in [4.69, 9.17) is 4.74 Å². The van der Waals surface area contributed by atoms with Gasteiger partial charge >= 0.3 is 0 Å². The second-order valence-electron chi connectivity index (χ2n) is 5.95. The first-order chi connectivity index (χ1) is 12.7. The minimum absolute atomic E-state index is 0.204. The first-order valence-electron chi connectivity index (χ1n) is 8.54. The summed E-state index contributed by atoms with van der Waals surface area (Å²) in [5, 5.41) is 10.9. The van der Waals surface area contributed by atoms with Crippen LogP contribution >= 0.6 is 0 Å². The van der Waals surface area contributed by atoms with E-state index >= 15 is 0 Å². The molecule has 26 heavy (non-hydrogen) atoms. The van der Waals surface area contributed by atoms with Gasteiger partial charge in [0.1, 0.15) is 5.82 Å². The topological polar surface area (TPSA) is 70.6 Å². The molecule has 0 bridgehead atoms. The summed E-state index contributed by atoms with van der Waals surface area (Å²) < 4.78 is 18.8. The Hall–Kier alpha value is -2.74. The maximum absolute atomic E-state index is 13.9. The second-order valence-corrected chi connectivity index (χ2v) is 5.95. The number of halogens is 1. The Balaban J connectivity index is 1.56. The highest BCUT2D eigenvalue weighted by molar-refractivity contribution is 5.92. The fourth-order valence-electron chi connectivity index (χ4n) is 2.86. The molecule has 0 radical (unpaired) electrons. The molecule has 1 aliphatic rings. The van der Waals surface area contributed by atoms with Crippen molar-refractivity contribution in [2.24, 2.45) is 0 Å². The zero-order valence-electron chi connectivity index (χ0n) is 14.7. The van der Waals surface area contributed by atoms with Crippen LogP contribution in [-0.2, 0) is 4.74 Å². The number of amides is 1. The third kappa shape index (κ3) is 4.26. The number of benzene rings is 1. The number of methoxy groups -OCH3 is 1. The number of para-hydroxylation sites is 1. The van der Waals surface area contributed by atoms with Gasteiger partial charge in [0.2, 0.25) is 0 Å². The molecule has 1 aromatic carbocycles. The molecule has 0 spiro atoms. The Morgan fingerprint density at radius 2 is 1.85 bits per heavy atom. The molecule has 1 N–H and O–H groups in total. The average Bonchev–Trinajstić information content (AvgIpc) is 2.69. The van der Waals surface area contributed by atoms with E-state index < -0.39 is 0 Å². The number of ether oxygens (including phenoxy) is 1. The van der Waals surface area contributed by atoms with Gasteiger partial charge in [0, 0.05) is 39.8 Å².